The molecule has 3 rings (SSSR count). The average Bonchev–Trinajstić information content (AvgIpc) is 2.50. The molecule has 0 fully saturated rings. The van der Waals surface area contributed by atoms with Gasteiger partial charge < -0.3 is 0 Å². The highest BCUT2D eigenvalue weighted by atomic mass is 35.5. The monoisotopic (exact) mass is 294 g/mol. The van der Waals surface area contributed by atoms with E-state index in [9.17, 15) is 4.79 Å². The van der Waals surface area contributed by atoms with Crippen molar-refractivity contribution in [3.63, 3.8) is 0 Å². The Labute approximate surface area is 129 Å². The van der Waals surface area contributed by atoms with Crippen LogP contribution in [0, 0.1) is 6.92 Å². The van der Waals surface area contributed by atoms with Crippen LogP contribution >= 0.6 is 11.6 Å². The first kappa shape index (κ1) is 13.8. The first-order chi connectivity index (χ1) is 10.1. The second-order valence-electron chi connectivity index (χ2n) is 5.25. The molecule has 0 heterocycles. The molecule has 21 heavy (non-hydrogen) atoms. The van der Waals surface area contributed by atoms with Crippen LogP contribution in [0.1, 0.15) is 21.5 Å². The van der Waals surface area contributed by atoms with Gasteiger partial charge in [0.15, 0.2) is 5.78 Å². The molecule has 0 saturated carbocycles. The molecule has 0 aliphatic heterocycles. The lowest BCUT2D eigenvalue weighted by atomic mass is 9.99. The van der Waals surface area contributed by atoms with Gasteiger partial charge in [0.05, 0.1) is 0 Å². The van der Waals surface area contributed by atoms with Gasteiger partial charge in [-0.1, -0.05) is 54.1 Å². The first-order valence-electron chi connectivity index (χ1n) is 6.90. The Morgan fingerprint density at radius 1 is 0.952 bits per heavy atom. The molecular weight excluding hydrogens is 280 g/mol. The number of hydrogen-bond acceptors (Lipinski definition) is 1. The van der Waals surface area contributed by atoms with E-state index in [-0.39, 0.29) is 5.78 Å². The predicted molar refractivity (Wildman–Crippen MR) is 88.2 cm³/mol. The van der Waals surface area contributed by atoms with Gasteiger partial charge >= 0.3 is 0 Å². The fraction of sp³-hybridized carbons (Fsp3) is 0.105. The molecule has 2 heteroatoms. The van der Waals surface area contributed by atoms with Gasteiger partial charge in [-0.2, -0.15) is 0 Å². The summed E-state index contributed by atoms with van der Waals surface area (Å²) in [5.74, 6) is 0.116. The minimum atomic E-state index is 0.116. The van der Waals surface area contributed by atoms with Gasteiger partial charge in [-0.05, 0) is 47.0 Å². The molecule has 0 aliphatic rings. The minimum absolute atomic E-state index is 0.116. The zero-order valence-electron chi connectivity index (χ0n) is 11.8. The van der Waals surface area contributed by atoms with Crippen LogP contribution in [0.4, 0.5) is 0 Å². The highest BCUT2D eigenvalue weighted by molar-refractivity contribution is 6.31. The largest absolute Gasteiger partial charge is 0.294 e. The Bertz CT molecular complexity index is 821. The third kappa shape index (κ3) is 2.98. The molecule has 3 aromatic carbocycles. The van der Waals surface area contributed by atoms with Gasteiger partial charge in [0.2, 0.25) is 0 Å². The molecule has 0 N–H and O–H groups in total. The third-order valence-corrected chi connectivity index (χ3v) is 4.08. The van der Waals surface area contributed by atoms with Crippen LogP contribution in [-0.4, -0.2) is 5.78 Å². The Kier molecular flexibility index (Phi) is 3.76. The predicted octanol–water partition coefficient (Wildman–Crippen LogP) is 5.23. The fourth-order valence-corrected chi connectivity index (χ4v) is 2.57. The second-order valence-corrected chi connectivity index (χ2v) is 5.65. The van der Waals surface area contributed by atoms with Gasteiger partial charge in [0.25, 0.3) is 0 Å². The first-order valence-corrected chi connectivity index (χ1v) is 7.28. The Balaban J connectivity index is 1.87. The summed E-state index contributed by atoms with van der Waals surface area (Å²) < 4.78 is 0. The van der Waals surface area contributed by atoms with Crippen LogP contribution in [0.5, 0.6) is 0 Å². The number of fused-ring (bicyclic) bond motifs is 1. The van der Waals surface area contributed by atoms with Gasteiger partial charge in [-0.25, -0.2) is 0 Å². The van der Waals surface area contributed by atoms with Crippen molar-refractivity contribution in [3.8, 4) is 0 Å². The molecule has 0 amide bonds. The fourth-order valence-electron chi connectivity index (χ4n) is 2.45. The van der Waals surface area contributed by atoms with Crippen LogP contribution in [0.25, 0.3) is 10.8 Å². The molecule has 104 valence electrons. The van der Waals surface area contributed by atoms with Crippen molar-refractivity contribution in [2.24, 2.45) is 0 Å². The van der Waals surface area contributed by atoms with Crippen molar-refractivity contribution in [1.29, 1.82) is 0 Å². The van der Waals surface area contributed by atoms with E-state index in [1.54, 1.807) is 12.1 Å². The molecule has 0 aliphatic carbocycles. The van der Waals surface area contributed by atoms with Gasteiger partial charge in [0.1, 0.15) is 0 Å². The van der Waals surface area contributed by atoms with E-state index < -0.39 is 0 Å². The molecule has 3 aromatic rings. The highest BCUT2D eigenvalue weighted by Gasteiger charge is 2.09. The number of hydrogen-bond donors (Lipinski definition) is 0. The van der Waals surface area contributed by atoms with E-state index in [4.69, 9.17) is 11.6 Å². The molecule has 1 nitrogen and oxygen atoms in total. The summed E-state index contributed by atoms with van der Waals surface area (Å²) in [5, 5.41) is 3.04. The molecule has 0 unspecified atom stereocenters. The Morgan fingerprint density at radius 3 is 2.48 bits per heavy atom. The van der Waals surface area contributed by atoms with E-state index in [1.165, 1.54) is 5.39 Å². The number of aryl methyl sites for hydroxylation is 1. The molecular formula is C19H15ClO. The van der Waals surface area contributed by atoms with Crippen molar-refractivity contribution in [1.82, 2.24) is 0 Å². The van der Waals surface area contributed by atoms with Gasteiger partial charge in [0, 0.05) is 17.0 Å². The number of halogens is 1. The number of benzene rings is 3. The quantitative estimate of drug-likeness (QED) is 0.605. The maximum absolute atomic E-state index is 12.4. The van der Waals surface area contributed by atoms with E-state index in [2.05, 4.69) is 24.3 Å². The summed E-state index contributed by atoms with van der Waals surface area (Å²) in [6, 6.07) is 19.7. The van der Waals surface area contributed by atoms with E-state index >= 15 is 0 Å². The van der Waals surface area contributed by atoms with Crippen molar-refractivity contribution < 1.29 is 4.79 Å². The zero-order chi connectivity index (χ0) is 14.8. The summed E-state index contributed by atoms with van der Waals surface area (Å²) in [6.07, 6.45) is 0.409. The summed E-state index contributed by atoms with van der Waals surface area (Å²) in [7, 11) is 0. The summed E-state index contributed by atoms with van der Waals surface area (Å²) in [5.41, 5.74) is 2.68. The SMILES string of the molecule is Cc1cc(C(=O)Cc2ccc3ccccc3c2)ccc1Cl. The van der Waals surface area contributed by atoms with E-state index in [1.807, 2.05) is 31.2 Å². The molecule has 0 bridgehead atoms. The number of ketones is 1. The smallest absolute Gasteiger partial charge is 0.167 e. The van der Waals surface area contributed by atoms with Crippen LogP contribution in [-0.2, 0) is 6.42 Å². The van der Waals surface area contributed by atoms with Crippen LogP contribution in [0.3, 0.4) is 0 Å². The third-order valence-electron chi connectivity index (χ3n) is 3.66. The minimum Gasteiger partial charge on any atom is -0.294 e. The topological polar surface area (TPSA) is 17.1 Å². The Hall–Kier alpha value is -2.12. The van der Waals surface area contributed by atoms with Crippen molar-refractivity contribution >= 4 is 28.2 Å². The van der Waals surface area contributed by atoms with Gasteiger partial charge in [-0.3, -0.25) is 4.79 Å². The molecule has 0 radical (unpaired) electrons. The van der Waals surface area contributed by atoms with Crippen LogP contribution in [0.2, 0.25) is 5.02 Å². The van der Waals surface area contributed by atoms with E-state index in [0.29, 0.717) is 17.0 Å². The second kappa shape index (κ2) is 5.71. The van der Waals surface area contributed by atoms with Gasteiger partial charge in [-0.15, -0.1) is 0 Å². The number of Topliss-reactive ketones (excluding diaryl/α,β-unsaturated/α-hetero) is 1. The number of rotatable bonds is 3. The van der Waals surface area contributed by atoms with Crippen LogP contribution in [0.15, 0.2) is 60.7 Å². The Morgan fingerprint density at radius 2 is 1.71 bits per heavy atom. The molecule has 0 aromatic heterocycles. The lowest BCUT2D eigenvalue weighted by Crippen LogP contribution is -2.03. The standard InChI is InChI=1S/C19H15ClO/c1-13-10-17(8-9-18(13)20)19(21)12-14-6-7-15-4-2-3-5-16(15)11-14/h2-11H,12H2,1H3. The zero-order valence-corrected chi connectivity index (χ0v) is 12.5. The summed E-state index contributed by atoms with van der Waals surface area (Å²) >= 11 is 6.00. The number of carbonyl (C=O) groups excluding carboxylic acids is 1. The lowest BCUT2D eigenvalue weighted by molar-refractivity contribution is 0.0993. The maximum atomic E-state index is 12.4. The maximum Gasteiger partial charge on any atom is 0.167 e. The lowest BCUT2D eigenvalue weighted by Gasteiger charge is -2.05. The molecule has 0 spiro atoms. The molecule has 0 atom stereocenters. The van der Waals surface area contributed by atoms with Crippen molar-refractivity contribution in [2.45, 2.75) is 13.3 Å². The molecule has 0 saturated heterocycles. The number of carbonyl (C=O) groups is 1. The summed E-state index contributed by atoms with van der Waals surface area (Å²) in [4.78, 5) is 12.4. The van der Waals surface area contributed by atoms with Crippen molar-refractivity contribution in [3.05, 3.63) is 82.4 Å². The highest BCUT2D eigenvalue weighted by Crippen LogP contribution is 2.19. The normalized spacial score (nSPS) is 10.8. The van der Waals surface area contributed by atoms with Crippen molar-refractivity contribution in [2.75, 3.05) is 0 Å². The van der Waals surface area contributed by atoms with Crippen LogP contribution < -0.4 is 0 Å². The summed E-state index contributed by atoms with van der Waals surface area (Å²) in [6.45, 7) is 1.91. The average molecular weight is 295 g/mol. The van der Waals surface area contributed by atoms with E-state index in [0.717, 1.165) is 16.5 Å².